The molecule has 0 spiro atoms. The number of ether oxygens (including phenoxy) is 1. The second kappa shape index (κ2) is 6.41. The predicted molar refractivity (Wildman–Crippen MR) is 74.3 cm³/mol. The van der Waals surface area contributed by atoms with Crippen LogP contribution < -0.4 is 10.6 Å². The molecule has 7 nitrogen and oxygen atoms in total. The monoisotopic (exact) mass is 287 g/mol. The Labute approximate surface area is 119 Å². The number of nitrogens with one attached hydrogen (secondary N) is 2. The van der Waals surface area contributed by atoms with Crippen LogP contribution in [0, 0.1) is 0 Å². The molecule has 1 heterocycles. The number of hydrogen-bond acceptors (Lipinski definition) is 5. The van der Waals surface area contributed by atoms with Crippen molar-refractivity contribution in [3.63, 3.8) is 0 Å². The fourth-order valence-corrected chi connectivity index (χ4v) is 1.98. The third-order valence-corrected chi connectivity index (χ3v) is 2.80. The van der Waals surface area contributed by atoms with Crippen molar-refractivity contribution in [2.45, 2.75) is 38.9 Å². The van der Waals surface area contributed by atoms with Gasteiger partial charge >= 0.3 is 6.09 Å². The minimum atomic E-state index is -0.850. The maximum absolute atomic E-state index is 11.4. The third kappa shape index (κ3) is 6.21. The van der Waals surface area contributed by atoms with E-state index in [1.807, 2.05) is 25.7 Å². The maximum Gasteiger partial charge on any atom is 0.407 e. The molecular formula is C13H25N3O4. The molecule has 0 aromatic heterocycles. The highest BCUT2D eigenvalue weighted by molar-refractivity contribution is 5.72. The molecule has 0 bridgehead atoms. The van der Waals surface area contributed by atoms with Crippen LogP contribution in [0.15, 0.2) is 0 Å². The van der Waals surface area contributed by atoms with Crippen LogP contribution in [-0.4, -0.2) is 65.9 Å². The lowest BCUT2D eigenvalue weighted by Gasteiger charge is -2.46. The largest absolute Gasteiger partial charge is 0.444 e. The molecule has 0 radical (unpaired) electrons. The summed E-state index contributed by atoms with van der Waals surface area (Å²) in [7, 11) is 0. The van der Waals surface area contributed by atoms with Gasteiger partial charge in [0, 0.05) is 39.6 Å². The van der Waals surface area contributed by atoms with Gasteiger partial charge in [-0.2, -0.15) is 0 Å². The van der Waals surface area contributed by atoms with E-state index in [0.717, 1.165) is 0 Å². The van der Waals surface area contributed by atoms with Gasteiger partial charge in [-0.15, -0.1) is 0 Å². The van der Waals surface area contributed by atoms with E-state index in [1.54, 1.807) is 0 Å². The predicted octanol–water partition coefficient (Wildman–Crippen LogP) is -0.306. The van der Waals surface area contributed by atoms with Crippen molar-refractivity contribution >= 4 is 12.0 Å². The lowest BCUT2D eigenvalue weighted by molar-refractivity contribution is -0.125. The van der Waals surface area contributed by atoms with E-state index in [9.17, 15) is 14.7 Å². The summed E-state index contributed by atoms with van der Waals surface area (Å²) in [4.78, 5) is 24.2. The Kier molecular flexibility index (Phi) is 5.35. The Morgan fingerprint density at radius 2 is 1.90 bits per heavy atom. The summed E-state index contributed by atoms with van der Waals surface area (Å²) in [6.07, 6.45) is -0.438. The van der Waals surface area contributed by atoms with E-state index in [2.05, 4.69) is 10.6 Å². The van der Waals surface area contributed by atoms with Gasteiger partial charge in [0.2, 0.25) is 5.91 Å². The molecule has 0 atom stereocenters. The molecule has 2 amide bonds. The molecule has 0 unspecified atom stereocenters. The zero-order chi connectivity index (χ0) is 15.4. The summed E-state index contributed by atoms with van der Waals surface area (Å²) in [6.45, 7) is 9.20. The minimum Gasteiger partial charge on any atom is -0.444 e. The first-order chi connectivity index (χ1) is 9.10. The Morgan fingerprint density at radius 1 is 1.30 bits per heavy atom. The first kappa shape index (κ1) is 16.7. The minimum absolute atomic E-state index is 0.150. The number of likely N-dealkylation sites (tertiary alicyclic amines) is 1. The third-order valence-electron chi connectivity index (χ3n) is 2.80. The number of alkyl carbamates (subject to hydrolysis) is 1. The SMILES string of the molecule is CC(=O)NCC1(O)CN(CCNC(=O)OC(C)(C)C)C1. The smallest absolute Gasteiger partial charge is 0.407 e. The highest BCUT2D eigenvalue weighted by atomic mass is 16.6. The topological polar surface area (TPSA) is 90.9 Å². The van der Waals surface area contributed by atoms with Crippen molar-refractivity contribution in [2.75, 3.05) is 32.7 Å². The van der Waals surface area contributed by atoms with Crippen LogP contribution in [0.4, 0.5) is 4.79 Å². The van der Waals surface area contributed by atoms with E-state index < -0.39 is 17.3 Å². The Hall–Kier alpha value is -1.34. The summed E-state index contributed by atoms with van der Waals surface area (Å²) in [5, 5.41) is 15.3. The van der Waals surface area contributed by atoms with Crippen LogP contribution in [0.2, 0.25) is 0 Å². The average Bonchev–Trinajstić information content (AvgIpc) is 2.21. The lowest BCUT2D eigenvalue weighted by Crippen LogP contribution is -2.66. The standard InChI is InChI=1S/C13H25N3O4/c1-10(17)15-7-13(19)8-16(9-13)6-5-14-11(18)20-12(2,3)4/h19H,5-9H2,1-4H3,(H,14,18)(H,15,17). The fraction of sp³-hybridized carbons (Fsp3) is 0.846. The molecule has 0 aromatic carbocycles. The second-order valence-corrected chi connectivity index (χ2v) is 6.27. The number of aliphatic hydroxyl groups is 1. The van der Waals surface area contributed by atoms with Crippen LogP contribution >= 0.6 is 0 Å². The Balaban J connectivity index is 2.11. The molecule has 1 aliphatic heterocycles. The fourth-order valence-electron chi connectivity index (χ4n) is 1.98. The van der Waals surface area contributed by atoms with E-state index in [0.29, 0.717) is 26.2 Å². The van der Waals surface area contributed by atoms with Gasteiger partial charge < -0.3 is 20.5 Å². The van der Waals surface area contributed by atoms with Crippen molar-refractivity contribution in [3.05, 3.63) is 0 Å². The zero-order valence-corrected chi connectivity index (χ0v) is 12.7. The van der Waals surface area contributed by atoms with Gasteiger partial charge in [0.1, 0.15) is 11.2 Å². The molecule has 116 valence electrons. The molecule has 7 heteroatoms. The van der Waals surface area contributed by atoms with E-state index in [1.165, 1.54) is 6.92 Å². The number of carbonyl (C=O) groups excluding carboxylic acids is 2. The molecule has 0 saturated carbocycles. The molecule has 0 aromatic rings. The first-order valence-corrected chi connectivity index (χ1v) is 6.76. The van der Waals surface area contributed by atoms with Crippen LogP contribution in [-0.2, 0) is 9.53 Å². The molecule has 3 N–H and O–H groups in total. The normalized spacial score (nSPS) is 18.1. The van der Waals surface area contributed by atoms with Crippen molar-refractivity contribution in [1.29, 1.82) is 0 Å². The second-order valence-electron chi connectivity index (χ2n) is 6.27. The number of β-amino-alcohol motifs (C(OH)–C–C–N with tert-alkyl or cyclic N) is 1. The molecule has 0 aliphatic carbocycles. The lowest BCUT2D eigenvalue weighted by atomic mass is 9.94. The van der Waals surface area contributed by atoms with E-state index in [4.69, 9.17) is 4.74 Å². The number of carbonyl (C=O) groups is 2. The number of amides is 2. The summed E-state index contributed by atoms with van der Waals surface area (Å²) in [5.41, 5.74) is -1.35. The van der Waals surface area contributed by atoms with Gasteiger partial charge in [-0.3, -0.25) is 9.69 Å². The molecular weight excluding hydrogens is 262 g/mol. The summed E-state index contributed by atoms with van der Waals surface area (Å²) < 4.78 is 5.11. The Bertz CT molecular complexity index is 359. The summed E-state index contributed by atoms with van der Waals surface area (Å²) >= 11 is 0. The first-order valence-electron chi connectivity index (χ1n) is 6.76. The average molecular weight is 287 g/mol. The van der Waals surface area contributed by atoms with Crippen molar-refractivity contribution in [2.24, 2.45) is 0 Å². The quantitative estimate of drug-likeness (QED) is 0.645. The van der Waals surface area contributed by atoms with Crippen molar-refractivity contribution < 1.29 is 19.4 Å². The number of hydrogen-bond donors (Lipinski definition) is 3. The van der Waals surface area contributed by atoms with Crippen LogP contribution in [0.25, 0.3) is 0 Å². The van der Waals surface area contributed by atoms with Crippen LogP contribution in [0.5, 0.6) is 0 Å². The summed E-state index contributed by atoms with van der Waals surface area (Å²) in [5.74, 6) is -0.150. The van der Waals surface area contributed by atoms with Crippen molar-refractivity contribution in [3.8, 4) is 0 Å². The van der Waals surface area contributed by atoms with E-state index >= 15 is 0 Å². The zero-order valence-electron chi connectivity index (χ0n) is 12.7. The van der Waals surface area contributed by atoms with Crippen LogP contribution in [0.1, 0.15) is 27.7 Å². The van der Waals surface area contributed by atoms with Gasteiger partial charge in [0.25, 0.3) is 0 Å². The van der Waals surface area contributed by atoms with Gasteiger partial charge in [0.15, 0.2) is 0 Å². The number of rotatable bonds is 5. The van der Waals surface area contributed by atoms with Gasteiger partial charge in [-0.05, 0) is 20.8 Å². The van der Waals surface area contributed by atoms with Crippen molar-refractivity contribution in [1.82, 2.24) is 15.5 Å². The molecule has 1 rings (SSSR count). The molecule has 1 fully saturated rings. The van der Waals surface area contributed by atoms with E-state index in [-0.39, 0.29) is 12.5 Å². The van der Waals surface area contributed by atoms with Gasteiger partial charge in [-0.25, -0.2) is 4.79 Å². The molecule has 1 aliphatic rings. The highest BCUT2D eigenvalue weighted by Gasteiger charge is 2.40. The highest BCUT2D eigenvalue weighted by Crippen LogP contribution is 2.19. The van der Waals surface area contributed by atoms with Crippen LogP contribution in [0.3, 0.4) is 0 Å². The molecule has 1 saturated heterocycles. The van der Waals surface area contributed by atoms with Gasteiger partial charge in [-0.1, -0.05) is 0 Å². The van der Waals surface area contributed by atoms with Gasteiger partial charge in [0.05, 0.1) is 0 Å². The summed E-state index contributed by atoms with van der Waals surface area (Å²) in [6, 6.07) is 0. The molecule has 20 heavy (non-hydrogen) atoms. The number of nitrogens with zero attached hydrogens (tertiary/aromatic N) is 1. The Morgan fingerprint density at radius 3 is 2.40 bits per heavy atom. The maximum atomic E-state index is 11.4.